The monoisotopic (exact) mass is 241 g/mol. The van der Waals surface area contributed by atoms with E-state index in [-0.39, 0.29) is 11.3 Å². The zero-order chi connectivity index (χ0) is 13.0. The van der Waals surface area contributed by atoms with Crippen molar-refractivity contribution in [2.75, 3.05) is 5.32 Å². The van der Waals surface area contributed by atoms with Crippen LogP contribution in [0.2, 0.25) is 0 Å². The second-order valence-electron chi connectivity index (χ2n) is 3.58. The summed E-state index contributed by atoms with van der Waals surface area (Å²) in [5.74, 6) is -1.14. The van der Waals surface area contributed by atoms with Gasteiger partial charge in [-0.05, 0) is 24.3 Å². The van der Waals surface area contributed by atoms with Crippen LogP contribution in [0.3, 0.4) is 0 Å². The van der Waals surface area contributed by atoms with Crippen LogP contribution in [0.4, 0.5) is 5.69 Å². The minimum Gasteiger partial charge on any atom is -0.366 e. The second kappa shape index (κ2) is 5.09. The molecule has 0 unspecified atom stereocenters. The van der Waals surface area contributed by atoms with Gasteiger partial charge < -0.3 is 11.1 Å². The number of anilines is 1. The van der Waals surface area contributed by atoms with E-state index in [1.165, 1.54) is 12.3 Å². The van der Waals surface area contributed by atoms with Gasteiger partial charge in [-0.25, -0.2) is 0 Å². The molecule has 0 aliphatic rings. The van der Waals surface area contributed by atoms with Gasteiger partial charge in [-0.1, -0.05) is 18.2 Å². The first-order chi connectivity index (χ1) is 8.68. The highest BCUT2D eigenvalue weighted by Gasteiger charge is 2.16. The number of primary amides is 1. The molecule has 2 aromatic rings. The highest BCUT2D eigenvalue weighted by molar-refractivity contribution is 6.10. The first-order valence-corrected chi connectivity index (χ1v) is 5.29. The van der Waals surface area contributed by atoms with Gasteiger partial charge in [-0.2, -0.15) is 0 Å². The van der Waals surface area contributed by atoms with E-state index in [4.69, 9.17) is 5.73 Å². The maximum atomic E-state index is 12.0. The lowest BCUT2D eigenvalue weighted by molar-refractivity contribution is 0.0974. The van der Waals surface area contributed by atoms with Gasteiger partial charge in [-0.3, -0.25) is 14.6 Å². The molecule has 0 saturated carbocycles. The molecule has 2 amide bonds. The molecule has 3 N–H and O–H groups in total. The fourth-order valence-electron chi connectivity index (χ4n) is 1.50. The van der Waals surface area contributed by atoms with E-state index >= 15 is 0 Å². The molecule has 0 aliphatic carbocycles. The normalized spacial score (nSPS) is 9.78. The Labute approximate surface area is 104 Å². The molecule has 0 radical (unpaired) electrons. The molecule has 5 heteroatoms. The Balaban J connectivity index is 2.27. The van der Waals surface area contributed by atoms with Crippen LogP contribution in [-0.2, 0) is 0 Å². The number of aromatic nitrogens is 1. The number of hydrogen-bond acceptors (Lipinski definition) is 3. The summed E-state index contributed by atoms with van der Waals surface area (Å²) in [5.41, 5.74) is 5.94. The third-order valence-corrected chi connectivity index (χ3v) is 2.32. The predicted molar refractivity (Wildman–Crippen MR) is 67.2 cm³/mol. The van der Waals surface area contributed by atoms with Crippen molar-refractivity contribution < 1.29 is 9.59 Å². The van der Waals surface area contributed by atoms with Crippen LogP contribution < -0.4 is 11.1 Å². The molecule has 0 atom stereocenters. The van der Waals surface area contributed by atoms with Crippen molar-refractivity contribution >= 4 is 17.5 Å². The first kappa shape index (κ1) is 11.8. The molecule has 18 heavy (non-hydrogen) atoms. The fraction of sp³-hybridized carbons (Fsp3) is 0. The minimum atomic E-state index is -0.679. The van der Waals surface area contributed by atoms with Crippen LogP contribution in [0.1, 0.15) is 20.8 Å². The number of para-hydroxylation sites is 1. The van der Waals surface area contributed by atoms with E-state index in [0.29, 0.717) is 5.69 Å². The Bertz CT molecular complexity index is 582. The maximum Gasteiger partial charge on any atom is 0.275 e. The van der Waals surface area contributed by atoms with Gasteiger partial charge in [0.2, 0.25) is 0 Å². The molecule has 0 saturated heterocycles. The SMILES string of the molecule is NC(=O)c1cccnc1C(=O)Nc1ccccc1. The van der Waals surface area contributed by atoms with Crippen LogP contribution in [0.15, 0.2) is 48.7 Å². The number of amides is 2. The summed E-state index contributed by atoms with van der Waals surface area (Å²) >= 11 is 0. The second-order valence-corrected chi connectivity index (χ2v) is 3.58. The number of nitrogens with zero attached hydrogens (tertiary/aromatic N) is 1. The standard InChI is InChI=1S/C13H11N3O2/c14-12(17)10-7-4-8-15-11(10)13(18)16-9-5-2-1-3-6-9/h1-8H,(H2,14,17)(H,16,18). The van der Waals surface area contributed by atoms with Gasteiger partial charge in [-0.15, -0.1) is 0 Å². The van der Waals surface area contributed by atoms with E-state index in [1.807, 2.05) is 6.07 Å². The molecule has 0 spiro atoms. The zero-order valence-corrected chi connectivity index (χ0v) is 9.46. The minimum absolute atomic E-state index is 0.0221. The number of pyridine rings is 1. The quantitative estimate of drug-likeness (QED) is 0.852. The van der Waals surface area contributed by atoms with Crippen LogP contribution in [-0.4, -0.2) is 16.8 Å². The summed E-state index contributed by atoms with van der Waals surface area (Å²) < 4.78 is 0. The number of nitrogens with one attached hydrogen (secondary N) is 1. The van der Waals surface area contributed by atoms with Crippen molar-refractivity contribution in [3.8, 4) is 0 Å². The topological polar surface area (TPSA) is 85.1 Å². The molecule has 1 heterocycles. The largest absolute Gasteiger partial charge is 0.366 e. The Hall–Kier alpha value is -2.69. The molecule has 1 aromatic carbocycles. The summed E-state index contributed by atoms with van der Waals surface area (Å²) in [6.45, 7) is 0. The summed E-state index contributed by atoms with van der Waals surface area (Å²) in [4.78, 5) is 27.0. The van der Waals surface area contributed by atoms with Gasteiger partial charge in [0.05, 0.1) is 5.56 Å². The molecule has 0 fully saturated rings. The average molecular weight is 241 g/mol. The van der Waals surface area contributed by atoms with Gasteiger partial charge in [0.1, 0.15) is 5.69 Å². The van der Waals surface area contributed by atoms with E-state index in [2.05, 4.69) is 10.3 Å². The van der Waals surface area contributed by atoms with Crippen LogP contribution in [0.25, 0.3) is 0 Å². The Morgan fingerprint density at radius 2 is 1.78 bits per heavy atom. The molecule has 90 valence electrons. The van der Waals surface area contributed by atoms with E-state index in [1.54, 1.807) is 30.3 Å². The first-order valence-electron chi connectivity index (χ1n) is 5.29. The van der Waals surface area contributed by atoms with Gasteiger partial charge in [0, 0.05) is 11.9 Å². The summed E-state index contributed by atoms with van der Waals surface area (Å²) in [7, 11) is 0. The number of nitrogens with two attached hydrogens (primary N) is 1. The smallest absolute Gasteiger partial charge is 0.275 e. The van der Waals surface area contributed by atoms with Crippen molar-refractivity contribution in [2.45, 2.75) is 0 Å². The van der Waals surface area contributed by atoms with Crippen molar-refractivity contribution in [1.82, 2.24) is 4.98 Å². The third-order valence-electron chi connectivity index (χ3n) is 2.32. The summed E-state index contributed by atoms with van der Waals surface area (Å²) in [5, 5.41) is 2.64. The maximum absolute atomic E-state index is 12.0. The van der Waals surface area contributed by atoms with Gasteiger partial charge >= 0.3 is 0 Å². The van der Waals surface area contributed by atoms with Gasteiger partial charge in [0.15, 0.2) is 0 Å². The van der Waals surface area contributed by atoms with E-state index < -0.39 is 11.8 Å². The Kier molecular flexibility index (Phi) is 3.33. The van der Waals surface area contributed by atoms with Crippen LogP contribution in [0.5, 0.6) is 0 Å². The molecule has 2 rings (SSSR count). The van der Waals surface area contributed by atoms with E-state index in [9.17, 15) is 9.59 Å². The lowest BCUT2D eigenvalue weighted by Gasteiger charge is -2.06. The number of benzene rings is 1. The van der Waals surface area contributed by atoms with Crippen LogP contribution in [0, 0.1) is 0 Å². The van der Waals surface area contributed by atoms with Gasteiger partial charge in [0.25, 0.3) is 11.8 Å². The third kappa shape index (κ3) is 2.52. The molecular formula is C13H11N3O2. The Morgan fingerprint density at radius 1 is 1.06 bits per heavy atom. The molecular weight excluding hydrogens is 230 g/mol. The fourth-order valence-corrected chi connectivity index (χ4v) is 1.50. The lowest BCUT2D eigenvalue weighted by Crippen LogP contribution is -2.21. The zero-order valence-electron chi connectivity index (χ0n) is 9.46. The average Bonchev–Trinajstić information content (AvgIpc) is 2.40. The Morgan fingerprint density at radius 3 is 2.44 bits per heavy atom. The van der Waals surface area contributed by atoms with E-state index in [0.717, 1.165) is 0 Å². The molecule has 1 aromatic heterocycles. The highest BCUT2D eigenvalue weighted by Crippen LogP contribution is 2.10. The molecule has 5 nitrogen and oxygen atoms in total. The van der Waals surface area contributed by atoms with Crippen molar-refractivity contribution in [3.05, 3.63) is 59.9 Å². The van der Waals surface area contributed by atoms with Crippen molar-refractivity contribution in [2.24, 2.45) is 5.73 Å². The van der Waals surface area contributed by atoms with Crippen molar-refractivity contribution in [1.29, 1.82) is 0 Å². The van der Waals surface area contributed by atoms with Crippen molar-refractivity contribution in [3.63, 3.8) is 0 Å². The number of carbonyl (C=O) groups is 2. The lowest BCUT2D eigenvalue weighted by atomic mass is 10.1. The predicted octanol–water partition coefficient (Wildman–Crippen LogP) is 1.43. The number of rotatable bonds is 3. The summed E-state index contributed by atoms with van der Waals surface area (Å²) in [6, 6.07) is 11.9. The van der Waals surface area contributed by atoms with Crippen LogP contribution >= 0.6 is 0 Å². The highest BCUT2D eigenvalue weighted by atomic mass is 16.2. The number of hydrogen-bond donors (Lipinski definition) is 2. The molecule has 0 aliphatic heterocycles. The summed E-state index contributed by atoms with van der Waals surface area (Å²) in [6.07, 6.45) is 1.44. The number of carbonyl (C=O) groups excluding carboxylic acids is 2. The molecule has 0 bridgehead atoms.